The van der Waals surface area contributed by atoms with Crippen LogP contribution in [-0.4, -0.2) is 41.3 Å². The van der Waals surface area contributed by atoms with Gasteiger partial charge in [0.05, 0.1) is 6.54 Å². The fourth-order valence-electron chi connectivity index (χ4n) is 1.15. The van der Waals surface area contributed by atoms with E-state index in [2.05, 4.69) is 17.6 Å². The molecule has 0 radical (unpaired) electrons. The summed E-state index contributed by atoms with van der Waals surface area (Å²) in [6, 6.07) is 0.118. The van der Waals surface area contributed by atoms with Crippen molar-refractivity contribution in [2.45, 2.75) is 32.7 Å². The van der Waals surface area contributed by atoms with Gasteiger partial charge < -0.3 is 10.6 Å². The molecule has 0 heterocycles. The number of hydrogen-bond acceptors (Lipinski definition) is 3. The molecule has 4 nitrogen and oxygen atoms in total. The molecule has 0 saturated heterocycles. The molecule has 0 aliphatic heterocycles. The second kappa shape index (κ2) is 8.85. The molecule has 0 aromatic rings. The third-order valence-corrected chi connectivity index (χ3v) is 2.92. The van der Waals surface area contributed by atoms with Gasteiger partial charge in [0.2, 0.25) is 5.91 Å². The van der Waals surface area contributed by atoms with Gasteiger partial charge in [0.15, 0.2) is 0 Å². The molecular formula is C10H22N2O2S. The molecule has 0 fully saturated rings. The second-order valence-electron chi connectivity index (χ2n) is 3.73. The van der Waals surface area contributed by atoms with Crippen molar-refractivity contribution >= 4 is 16.7 Å². The van der Waals surface area contributed by atoms with E-state index in [4.69, 9.17) is 0 Å². The molecule has 1 amide bonds. The maximum atomic E-state index is 11.3. The molecule has 5 heteroatoms. The van der Waals surface area contributed by atoms with Crippen molar-refractivity contribution in [1.82, 2.24) is 10.6 Å². The molecule has 0 rings (SSSR count). The Labute approximate surface area is 94.7 Å². The Morgan fingerprint density at radius 1 is 1.47 bits per heavy atom. The van der Waals surface area contributed by atoms with Crippen LogP contribution in [0.3, 0.4) is 0 Å². The largest absolute Gasteiger partial charge is 0.355 e. The first-order chi connectivity index (χ1) is 7.06. The minimum atomic E-state index is -0.811. The van der Waals surface area contributed by atoms with Crippen LogP contribution < -0.4 is 10.6 Å². The van der Waals surface area contributed by atoms with Crippen molar-refractivity contribution in [2.75, 3.05) is 25.1 Å². The molecule has 0 spiro atoms. The van der Waals surface area contributed by atoms with Crippen LogP contribution in [0.5, 0.6) is 0 Å². The molecule has 90 valence electrons. The lowest BCUT2D eigenvalue weighted by molar-refractivity contribution is -0.120. The summed E-state index contributed by atoms with van der Waals surface area (Å²) in [5, 5.41) is 5.85. The molecular weight excluding hydrogens is 212 g/mol. The van der Waals surface area contributed by atoms with Crippen molar-refractivity contribution in [3.05, 3.63) is 0 Å². The van der Waals surface area contributed by atoms with Gasteiger partial charge in [0.25, 0.3) is 0 Å². The summed E-state index contributed by atoms with van der Waals surface area (Å²) in [6.45, 7) is 5.07. The van der Waals surface area contributed by atoms with E-state index in [9.17, 15) is 9.00 Å². The van der Waals surface area contributed by atoms with Crippen molar-refractivity contribution in [3.8, 4) is 0 Å². The molecule has 2 N–H and O–H groups in total. The average Bonchev–Trinajstić information content (AvgIpc) is 2.14. The number of rotatable bonds is 8. The number of unbranched alkanes of at least 4 members (excludes halogenated alkanes) is 1. The molecule has 0 aromatic heterocycles. The van der Waals surface area contributed by atoms with Gasteiger partial charge in [0.1, 0.15) is 0 Å². The number of carbonyl (C=O) groups excluding carboxylic acids is 1. The van der Waals surface area contributed by atoms with Crippen LogP contribution in [-0.2, 0) is 15.6 Å². The Bertz CT molecular complexity index is 210. The third kappa shape index (κ3) is 9.87. The summed E-state index contributed by atoms with van der Waals surface area (Å²) in [7, 11) is -0.811. The Hall–Kier alpha value is -0.420. The molecule has 2 unspecified atom stereocenters. The van der Waals surface area contributed by atoms with E-state index < -0.39 is 10.8 Å². The lowest BCUT2D eigenvalue weighted by Gasteiger charge is -2.11. The first-order valence-electron chi connectivity index (χ1n) is 5.36. The van der Waals surface area contributed by atoms with E-state index in [0.717, 1.165) is 19.4 Å². The van der Waals surface area contributed by atoms with Gasteiger partial charge in [-0.2, -0.15) is 0 Å². The second-order valence-corrected chi connectivity index (χ2v) is 5.21. The number of amides is 1. The summed E-state index contributed by atoms with van der Waals surface area (Å²) in [5.41, 5.74) is 0. The summed E-state index contributed by atoms with van der Waals surface area (Å²) < 4.78 is 10.9. The quantitative estimate of drug-likeness (QED) is 0.592. The van der Waals surface area contributed by atoms with Gasteiger partial charge >= 0.3 is 0 Å². The molecule has 0 aliphatic rings. The lowest BCUT2D eigenvalue weighted by Crippen LogP contribution is -2.40. The van der Waals surface area contributed by atoms with Crippen LogP contribution in [0.2, 0.25) is 0 Å². The number of hydrogen-bond donors (Lipinski definition) is 2. The number of carbonyl (C=O) groups is 1. The van der Waals surface area contributed by atoms with Crippen LogP contribution in [0.1, 0.15) is 26.7 Å². The van der Waals surface area contributed by atoms with E-state index in [1.807, 2.05) is 6.92 Å². The lowest BCUT2D eigenvalue weighted by atomic mass is 10.3. The summed E-state index contributed by atoms with van der Waals surface area (Å²) in [6.07, 6.45) is 3.76. The zero-order valence-electron chi connectivity index (χ0n) is 9.84. The predicted molar refractivity (Wildman–Crippen MR) is 64.3 cm³/mol. The molecule has 0 saturated carbocycles. The highest BCUT2D eigenvalue weighted by Gasteiger charge is 2.06. The van der Waals surface area contributed by atoms with E-state index in [0.29, 0.717) is 12.3 Å². The van der Waals surface area contributed by atoms with E-state index in [1.165, 1.54) is 0 Å². The smallest absolute Gasteiger partial charge is 0.233 e. The van der Waals surface area contributed by atoms with Gasteiger partial charge in [-0.3, -0.25) is 9.00 Å². The van der Waals surface area contributed by atoms with Crippen LogP contribution in [0.4, 0.5) is 0 Å². The Balaban J connectivity index is 3.48. The third-order valence-electron chi connectivity index (χ3n) is 1.95. The SMILES string of the molecule is CCCCNC(=O)CNC(C)CS(C)=O. The minimum Gasteiger partial charge on any atom is -0.355 e. The van der Waals surface area contributed by atoms with Gasteiger partial charge in [-0.1, -0.05) is 13.3 Å². The van der Waals surface area contributed by atoms with Crippen LogP contribution in [0.25, 0.3) is 0 Å². The summed E-state index contributed by atoms with van der Waals surface area (Å²) >= 11 is 0. The number of nitrogens with one attached hydrogen (secondary N) is 2. The van der Waals surface area contributed by atoms with Gasteiger partial charge in [0, 0.05) is 35.4 Å². The molecule has 15 heavy (non-hydrogen) atoms. The van der Waals surface area contributed by atoms with Crippen LogP contribution in [0.15, 0.2) is 0 Å². The van der Waals surface area contributed by atoms with Crippen molar-refractivity contribution in [1.29, 1.82) is 0 Å². The van der Waals surface area contributed by atoms with Gasteiger partial charge in [-0.05, 0) is 13.3 Å². The highest BCUT2D eigenvalue weighted by atomic mass is 32.2. The predicted octanol–water partition coefficient (Wildman–Crippen LogP) is 0.259. The first kappa shape index (κ1) is 14.6. The highest BCUT2D eigenvalue weighted by molar-refractivity contribution is 7.84. The van der Waals surface area contributed by atoms with Crippen LogP contribution in [0, 0.1) is 0 Å². The van der Waals surface area contributed by atoms with E-state index >= 15 is 0 Å². The van der Waals surface area contributed by atoms with Crippen LogP contribution >= 0.6 is 0 Å². The fourth-order valence-corrected chi connectivity index (χ4v) is 1.97. The monoisotopic (exact) mass is 234 g/mol. The summed E-state index contributed by atoms with van der Waals surface area (Å²) in [5.74, 6) is 0.597. The zero-order chi connectivity index (χ0) is 11.7. The maximum Gasteiger partial charge on any atom is 0.233 e. The van der Waals surface area contributed by atoms with E-state index in [1.54, 1.807) is 6.26 Å². The van der Waals surface area contributed by atoms with Crippen molar-refractivity contribution < 1.29 is 9.00 Å². The topological polar surface area (TPSA) is 58.2 Å². The first-order valence-corrected chi connectivity index (χ1v) is 7.09. The molecule has 0 aliphatic carbocycles. The van der Waals surface area contributed by atoms with E-state index in [-0.39, 0.29) is 11.9 Å². The Morgan fingerprint density at radius 3 is 2.67 bits per heavy atom. The molecule has 0 bridgehead atoms. The molecule has 0 aromatic carbocycles. The average molecular weight is 234 g/mol. The highest BCUT2D eigenvalue weighted by Crippen LogP contribution is 1.85. The zero-order valence-corrected chi connectivity index (χ0v) is 10.7. The Kier molecular flexibility index (Phi) is 8.61. The normalized spacial score (nSPS) is 14.6. The summed E-state index contributed by atoms with van der Waals surface area (Å²) in [4.78, 5) is 11.3. The standard InChI is InChI=1S/C10H22N2O2S/c1-4-5-6-11-10(13)7-12-9(2)8-15(3)14/h9,12H,4-8H2,1-3H3,(H,11,13). The van der Waals surface area contributed by atoms with Gasteiger partial charge in [-0.15, -0.1) is 0 Å². The fraction of sp³-hybridized carbons (Fsp3) is 0.900. The van der Waals surface area contributed by atoms with Gasteiger partial charge in [-0.25, -0.2) is 0 Å². The minimum absolute atomic E-state index is 0.0113. The van der Waals surface area contributed by atoms with Crippen molar-refractivity contribution in [3.63, 3.8) is 0 Å². The Morgan fingerprint density at radius 2 is 2.13 bits per heavy atom. The van der Waals surface area contributed by atoms with Crippen molar-refractivity contribution in [2.24, 2.45) is 0 Å². The molecule has 2 atom stereocenters. The maximum absolute atomic E-state index is 11.3.